The third kappa shape index (κ3) is 2.40. The van der Waals surface area contributed by atoms with E-state index in [0.29, 0.717) is 11.1 Å². The predicted molar refractivity (Wildman–Crippen MR) is 67.9 cm³/mol. The minimum atomic E-state index is -0.957. The molecule has 0 unspecified atom stereocenters. The predicted octanol–water partition coefficient (Wildman–Crippen LogP) is 3.68. The summed E-state index contributed by atoms with van der Waals surface area (Å²) >= 11 is 0. The molecule has 0 saturated carbocycles. The highest BCUT2D eigenvalue weighted by Gasteiger charge is 2.15. The average molecular weight is 244 g/mol. The Labute approximate surface area is 105 Å². The molecule has 0 saturated heterocycles. The van der Waals surface area contributed by atoms with Crippen LogP contribution in [0.5, 0.6) is 0 Å². The average Bonchev–Trinajstić information content (AvgIpc) is 2.38. The van der Waals surface area contributed by atoms with Crippen molar-refractivity contribution in [1.82, 2.24) is 0 Å². The summed E-state index contributed by atoms with van der Waals surface area (Å²) in [6.45, 7) is 1.54. The van der Waals surface area contributed by atoms with Gasteiger partial charge in [-0.15, -0.1) is 0 Å². The standard InChI is InChI=1S/C15H13FO2/c1-10(15(17)18)12-7-8-13(14(16)9-12)11-5-3-2-4-6-11/h2-10H,1H3,(H,17,18)/t10-/m0/s1. The van der Waals surface area contributed by atoms with E-state index in [1.165, 1.54) is 6.07 Å². The highest BCUT2D eigenvalue weighted by Crippen LogP contribution is 2.26. The molecule has 0 amide bonds. The molecular weight excluding hydrogens is 231 g/mol. The van der Waals surface area contributed by atoms with Crippen LogP contribution in [0.1, 0.15) is 18.4 Å². The molecule has 0 heterocycles. The maximum absolute atomic E-state index is 14.0. The Hall–Kier alpha value is -2.16. The Bertz CT molecular complexity index is 564. The Kier molecular flexibility index (Phi) is 3.42. The Morgan fingerprint density at radius 3 is 2.39 bits per heavy atom. The summed E-state index contributed by atoms with van der Waals surface area (Å²) in [6.07, 6.45) is 0. The third-order valence-electron chi connectivity index (χ3n) is 2.95. The fourth-order valence-corrected chi connectivity index (χ4v) is 1.80. The fourth-order valence-electron chi connectivity index (χ4n) is 1.80. The van der Waals surface area contributed by atoms with Crippen LogP contribution in [0.3, 0.4) is 0 Å². The second-order valence-electron chi connectivity index (χ2n) is 4.17. The summed E-state index contributed by atoms with van der Waals surface area (Å²) in [5, 5.41) is 8.89. The second kappa shape index (κ2) is 5.00. The van der Waals surface area contributed by atoms with Gasteiger partial charge in [-0.1, -0.05) is 42.5 Å². The van der Waals surface area contributed by atoms with Gasteiger partial charge in [-0.25, -0.2) is 4.39 Å². The molecule has 0 radical (unpaired) electrons. The van der Waals surface area contributed by atoms with Gasteiger partial charge in [0.15, 0.2) is 0 Å². The number of hydrogen-bond acceptors (Lipinski definition) is 1. The van der Waals surface area contributed by atoms with E-state index >= 15 is 0 Å². The number of benzene rings is 2. The second-order valence-corrected chi connectivity index (χ2v) is 4.17. The van der Waals surface area contributed by atoms with Crippen molar-refractivity contribution in [3.8, 4) is 11.1 Å². The quantitative estimate of drug-likeness (QED) is 0.894. The number of halogens is 1. The zero-order valence-corrected chi connectivity index (χ0v) is 9.93. The van der Waals surface area contributed by atoms with Gasteiger partial charge in [0, 0.05) is 5.56 Å². The van der Waals surface area contributed by atoms with Gasteiger partial charge in [-0.2, -0.15) is 0 Å². The molecule has 0 aromatic heterocycles. The van der Waals surface area contributed by atoms with Gasteiger partial charge >= 0.3 is 5.97 Å². The third-order valence-corrected chi connectivity index (χ3v) is 2.95. The van der Waals surface area contributed by atoms with Gasteiger partial charge in [-0.05, 0) is 24.1 Å². The lowest BCUT2D eigenvalue weighted by molar-refractivity contribution is -0.138. The molecule has 2 nitrogen and oxygen atoms in total. The van der Waals surface area contributed by atoms with Crippen LogP contribution in [0.2, 0.25) is 0 Å². The number of carboxylic acid groups (broad SMARTS) is 1. The first-order chi connectivity index (χ1) is 8.59. The molecule has 1 N–H and O–H groups in total. The number of rotatable bonds is 3. The van der Waals surface area contributed by atoms with Crippen LogP contribution < -0.4 is 0 Å². The topological polar surface area (TPSA) is 37.3 Å². The van der Waals surface area contributed by atoms with Crippen LogP contribution in [-0.4, -0.2) is 11.1 Å². The van der Waals surface area contributed by atoms with Crippen molar-refractivity contribution in [2.24, 2.45) is 0 Å². The zero-order chi connectivity index (χ0) is 13.1. The minimum Gasteiger partial charge on any atom is -0.481 e. The molecule has 0 aliphatic rings. The molecule has 2 rings (SSSR count). The lowest BCUT2D eigenvalue weighted by atomic mass is 9.97. The lowest BCUT2D eigenvalue weighted by Gasteiger charge is -2.09. The van der Waals surface area contributed by atoms with E-state index in [1.807, 2.05) is 30.3 Å². The van der Waals surface area contributed by atoms with Gasteiger partial charge in [-0.3, -0.25) is 4.79 Å². The Morgan fingerprint density at radius 1 is 1.17 bits per heavy atom. The van der Waals surface area contributed by atoms with Crippen LogP contribution in [-0.2, 0) is 4.79 Å². The van der Waals surface area contributed by atoms with Gasteiger partial charge < -0.3 is 5.11 Å². The molecular formula is C15H13FO2. The molecule has 0 fully saturated rings. The van der Waals surface area contributed by atoms with Gasteiger partial charge in [0.1, 0.15) is 5.82 Å². The van der Waals surface area contributed by atoms with Crippen LogP contribution >= 0.6 is 0 Å². The molecule has 0 spiro atoms. The van der Waals surface area contributed by atoms with E-state index in [2.05, 4.69) is 0 Å². The first-order valence-corrected chi connectivity index (χ1v) is 5.67. The molecule has 18 heavy (non-hydrogen) atoms. The van der Waals surface area contributed by atoms with Gasteiger partial charge in [0.2, 0.25) is 0 Å². The van der Waals surface area contributed by atoms with Crippen LogP contribution in [0.25, 0.3) is 11.1 Å². The molecule has 3 heteroatoms. The molecule has 0 aliphatic heterocycles. The van der Waals surface area contributed by atoms with Crippen molar-refractivity contribution in [2.45, 2.75) is 12.8 Å². The summed E-state index contributed by atoms with van der Waals surface area (Å²) in [7, 11) is 0. The van der Waals surface area contributed by atoms with E-state index in [1.54, 1.807) is 19.1 Å². The molecule has 2 aromatic rings. The fraction of sp³-hybridized carbons (Fsp3) is 0.133. The maximum atomic E-state index is 14.0. The monoisotopic (exact) mass is 244 g/mol. The number of aliphatic carboxylic acids is 1. The van der Waals surface area contributed by atoms with Crippen molar-refractivity contribution in [1.29, 1.82) is 0 Å². The number of carbonyl (C=O) groups is 1. The largest absolute Gasteiger partial charge is 0.481 e. The highest BCUT2D eigenvalue weighted by atomic mass is 19.1. The molecule has 0 bridgehead atoms. The van der Waals surface area contributed by atoms with Crippen LogP contribution in [0.15, 0.2) is 48.5 Å². The number of hydrogen-bond donors (Lipinski definition) is 1. The summed E-state index contributed by atoms with van der Waals surface area (Å²) in [4.78, 5) is 10.8. The van der Waals surface area contributed by atoms with Crippen LogP contribution in [0, 0.1) is 5.82 Å². The van der Waals surface area contributed by atoms with Crippen LogP contribution in [0.4, 0.5) is 4.39 Å². The van der Waals surface area contributed by atoms with Gasteiger partial charge in [0.05, 0.1) is 5.92 Å². The molecule has 1 atom stereocenters. The van der Waals surface area contributed by atoms with E-state index in [9.17, 15) is 9.18 Å². The van der Waals surface area contributed by atoms with Crippen molar-refractivity contribution in [3.05, 3.63) is 59.9 Å². The van der Waals surface area contributed by atoms with Gasteiger partial charge in [0.25, 0.3) is 0 Å². The molecule has 0 aliphatic carbocycles. The minimum absolute atomic E-state index is 0.396. The highest BCUT2D eigenvalue weighted by molar-refractivity contribution is 5.76. The van der Waals surface area contributed by atoms with E-state index in [0.717, 1.165) is 5.56 Å². The van der Waals surface area contributed by atoms with Crippen molar-refractivity contribution in [2.75, 3.05) is 0 Å². The summed E-state index contributed by atoms with van der Waals surface area (Å²) in [5.41, 5.74) is 1.74. The maximum Gasteiger partial charge on any atom is 0.310 e. The molecule has 92 valence electrons. The Morgan fingerprint density at radius 2 is 1.83 bits per heavy atom. The summed E-state index contributed by atoms with van der Waals surface area (Å²) in [6, 6.07) is 13.7. The van der Waals surface area contributed by atoms with Crippen molar-refractivity contribution >= 4 is 5.97 Å². The molecule has 2 aromatic carbocycles. The first-order valence-electron chi connectivity index (χ1n) is 5.67. The SMILES string of the molecule is C[C@H](C(=O)O)c1ccc(-c2ccccc2)c(F)c1. The zero-order valence-electron chi connectivity index (χ0n) is 9.93. The number of carboxylic acids is 1. The van der Waals surface area contributed by atoms with Crippen molar-refractivity contribution in [3.63, 3.8) is 0 Å². The van der Waals surface area contributed by atoms with E-state index in [-0.39, 0.29) is 0 Å². The van der Waals surface area contributed by atoms with E-state index in [4.69, 9.17) is 5.11 Å². The normalized spacial score (nSPS) is 12.1. The summed E-state index contributed by atoms with van der Waals surface area (Å²) < 4.78 is 14.0. The summed E-state index contributed by atoms with van der Waals surface area (Å²) in [5.74, 6) is -2.06. The smallest absolute Gasteiger partial charge is 0.310 e. The van der Waals surface area contributed by atoms with E-state index < -0.39 is 17.7 Å². The Balaban J connectivity index is 2.40. The van der Waals surface area contributed by atoms with Crippen molar-refractivity contribution < 1.29 is 14.3 Å². The first kappa shape index (κ1) is 12.3. The lowest BCUT2D eigenvalue weighted by Crippen LogP contribution is -2.07.